The highest BCUT2D eigenvalue weighted by molar-refractivity contribution is 7.91. The van der Waals surface area contributed by atoms with Gasteiger partial charge in [-0.25, -0.2) is 8.42 Å². The quantitative estimate of drug-likeness (QED) is 0.821. The summed E-state index contributed by atoms with van der Waals surface area (Å²) in [5, 5.41) is 2.80. The summed E-state index contributed by atoms with van der Waals surface area (Å²) in [6.45, 7) is 2.17. The lowest BCUT2D eigenvalue weighted by atomic mass is 10.2. The van der Waals surface area contributed by atoms with Gasteiger partial charge in [0, 0.05) is 31.9 Å². The van der Waals surface area contributed by atoms with E-state index >= 15 is 0 Å². The summed E-state index contributed by atoms with van der Waals surface area (Å²) in [6, 6.07) is 8.87. The molecule has 1 aromatic carbocycles. The van der Waals surface area contributed by atoms with Crippen LogP contribution in [0.2, 0.25) is 10.0 Å². The normalized spacial score (nSPS) is 16.9. The molecule has 1 fully saturated rings. The first-order chi connectivity index (χ1) is 10.5. The lowest BCUT2D eigenvalue weighted by Crippen LogP contribution is -2.48. The Morgan fingerprint density at radius 3 is 2.32 bits per heavy atom. The van der Waals surface area contributed by atoms with Crippen molar-refractivity contribution in [2.45, 2.75) is 4.21 Å². The van der Waals surface area contributed by atoms with Crippen molar-refractivity contribution in [2.75, 3.05) is 31.1 Å². The number of rotatable bonds is 3. The van der Waals surface area contributed by atoms with Gasteiger partial charge in [0.1, 0.15) is 4.21 Å². The largest absolute Gasteiger partial charge is 0.369 e. The number of piperazine rings is 1. The van der Waals surface area contributed by atoms with Gasteiger partial charge in [-0.2, -0.15) is 4.31 Å². The maximum Gasteiger partial charge on any atom is 0.252 e. The predicted molar refractivity (Wildman–Crippen MR) is 91.8 cm³/mol. The second-order valence-corrected chi connectivity index (χ2v) is 8.85. The van der Waals surface area contributed by atoms with Crippen LogP contribution in [0.3, 0.4) is 0 Å². The summed E-state index contributed by atoms with van der Waals surface area (Å²) in [6.07, 6.45) is 0. The van der Waals surface area contributed by atoms with Crippen LogP contribution in [0.1, 0.15) is 0 Å². The first-order valence-electron chi connectivity index (χ1n) is 6.72. The standard InChI is InChI=1S/C14H14Cl2N2O2S2/c15-12-4-3-11(10-13(12)16)17-5-7-18(8-6-17)22(19,20)14-2-1-9-21-14/h1-4,9-10H,5-8H2. The number of halogens is 2. The first-order valence-corrected chi connectivity index (χ1v) is 9.80. The molecule has 1 aliphatic heterocycles. The summed E-state index contributed by atoms with van der Waals surface area (Å²) in [4.78, 5) is 2.11. The van der Waals surface area contributed by atoms with E-state index in [1.807, 2.05) is 12.1 Å². The highest BCUT2D eigenvalue weighted by Gasteiger charge is 2.29. The van der Waals surface area contributed by atoms with E-state index in [1.165, 1.54) is 15.6 Å². The molecule has 0 amide bonds. The Balaban J connectivity index is 1.71. The number of sulfonamides is 1. The van der Waals surface area contributed by atoms with Crippen molar-refractivity contribution >= 4 is 50.2 Å². The Hall–Kier alpha value is -0.790. The molecule has 118 valence electrons. The molecule has 1 aliphatic rings. The van der Waals surface area contributed by atoms with Crippen LogP contribution in [0.4, 0.5) is 5.69 Å². The van der Waals surface area contributed by atoms with Gasteiger partial charge < -0.3 is 4.90 Å². The van der Waals surface area contributed by atoms with Crippen LogP contribution in [0, 0.1) is 0 Å². The van der Waals surface area contributed by atoms with E-state index in [1.54, 1.807) is 23.6 Å². The smallest absolute Gasteiger partial charge is 0.252 e. The fourth-order valence-corrected chi connectivity index (χ4v) is 5.26. The molecule has 8 heteroatoms. The van der Waals surface area contributed by atoms with Crippen LogP contribution in [0.15, 0.2) is 39.9 Å². The second kappa shape index (κ2) is 6.37. The molecule has 0 saturated carbocycles. The van der Waals surface area contributed by atoms with Gasteiger partial charge in [0.15, 0.2) is 0 Å². The molecule has 0 aliphatic carbocycles. The fraction of sp³-hybridized carbons (Fsp3) is 0.286. The van der Waals surface area contributed by atoms with Crippen molar-refractivity contribution in [3.63, 3.8) is 0 Å². The summed E-state index contributed by atoms with van der Waals surface area (Å²) in [7, 11) is -3.36. The van der Waals surface area contributed by atoms with Crippen LogP contribution >= 0.6 is 34.5 Å². The maximum absolute atomic E-state index is 12.5. The average molecular weight is 377 g/mol. The van der Waals surface area contributed by atoms with Crippen LogP contribution in [-0.2, 0) is 10.0 Å². The summed E-state index contributed by atoms with van der Waals surface area (Å²) >= 11 is 13.2. The Morgan fingerprint density at radius 2 is 1.73 bits per heavy atom. The van der Waals surface area contributed by atoms with E-state index in [-0.39, 0.29) is 0 Å². The number of benzene rings is 1. The van der Waals surface area contributed by atoms with Crippen molar-refractivity contribution in [3.8, 4) is 0 Å². The summed E-state index contributed by atoms with van der Waals surface area (Å²) in [5.41, 5.74) is 0.961. The Labute approximate surface area is 143 Å². The second-order valence-electron chi connectivity index (χ2n) is 4.92. The third kappa shape index (κ3) is 3.12. The van der Waals surface area contributed by atoms with E-state index in [0.717, 1.165) is 5.69 Å². The molecule has 0 spiro atoms. The van der Waals surface area contributed by atoms with E-state index in [2.05, 4.69) is 4.90 Å². The zero-order chi connectivity index (χ0) is 15.7. The van der Waals surface area contributed by atoms with Crippen LogP contribution < -0.4 is 4.90 Å². The van der Waals surface area contributed by atoms with Gasteiger partial charge in [0.25, 0.3) is 10.0 Å². The van der Waals surface area contributed by atoms with E-state index in [0.29, 0.717) is 40.4 Å². The van der Waals surface area contributed by atoms with E-state index < -0.39 is 10.0 Å². The molecule has 3 rings (SSSR count). The summed E-state index contributed by atoms with van der Waals surface area (Å²) in [5.74, 6) is 0. The predicted octanol–water partition coefficient (Wildman–Crippen LogP) is 3.57. The van der Waals surface area contributed by atoms with Gasteiger partial charge >= 0.3 is 0 Å². The Kier molecular flexibility index (Phi) is 4.66. The molecule has 2 aromatic rings. The van der Waals surface area contributed by atoms with Crippen molar-refractivity contribution in [2.24, 2.45) is 0 Å². The summed E-state index contributed by atoms with van der Waals surface area (Å²) < 4.78 is 26.9. The molecular formula is C14H14Cl2N2O2S2. The molecule has 1 aromatic heterocycles. The molecule has 0 atom stereocenters. The Bertz CT molecular complexity index is 755. The highest BCUT2D eigenvalue weighted by atomic mass is 35.5. The minimum Gasteiger partial charge on any atom is -0.369 e. The first kappa shape index (κ1) is 16.1. The average Bonchev–Trinajstić information content (AvgIpc) is 3.05. The molecule has 0 bridgehead atoms. The third-order valence-corrected chi connectivity index (χ3v) is 7.61. The molecule has 0 N–H and O–H groups in total. The monoisotopic (exact) mass is 376 g/mol. The number of hydrogen-bond acceptors (Lipinski definition) is 4. The molecule has 22 heavy (non-hydrogen) atoms. The van der Waals surface area contributed by atoms with Gasteiger partial charge in [0.2, 0.25) is 0 Å². The van der Waals surface area contributed by atoms with E-state index in [9.17, 15) is 8.42 Å². The molecule has 1 saturated heterocycles. The fourth-order valence-electron chi connectivity index (χ4n) is 2.41. The third-order valence-electron chi connectivity index (χ3n) is 3.60. The Morgan fingerprint density at radius 1 is 1.00 bits per heavy atom. The SMILES string of the molecule is O=S(=O)(c1cccs1)N1CCN(c2ccc(Cl)c(Cl)c2)CC1. The zero-order valence-electron chi connectivity index (χ0n) is 11.6. The molecule has 4 nitrogen and oxygen atoms in total. The molecular weight excluding hydrogens is 363 g/mol. The lowest BCUT2D eigenvalue weighted by Gasteiger charge is -2.35. The van der Waals surface area contributed by atoms with Crippen molar-refractivity contribution in [3.05, 3.63) is 45.8 Å². The van der Waals surface area contributed by atoms with Gasteiger partial charge in [-0.3, -0.25) is 0 Å². The molecule has 0 radical (unpaired) electrons. The highest BCUT2D eigenvalue weighted by Crippen LogP contribution is 2.29. The van der Waals surface area contributed by atoms with Crippen molar-refractivity contribution in [1.29, 1.82) is 0 Å². The van der Waals surface area contributed by atoms with E-state index in [4.69, 9.17) is 23.2 Å². The number of nitrogens with zero attached hydrogens (tertiary/aromatic N) is 2. The molecule has 2 heterocycles. The molecule has 0 unspecified atom stereocenters. The maximum atomic E-state index is 12.5. The lowest BCUT2D eigenvalue weighted by molar-refractivity contribution is 0.386. The van der Waals surface area contributed by atoms with Crippen LogP contribution in [0.25, 0.3) is 0 Å². The zero-order valence-corrected chi connectivity index (χ0v) is 14.7. The number of hydrogen-bond donors (Lipinski definition) is 0. The van der Waals surface area contributed by atoms with Crippen LogP contribution in [-0.4, -0.2) is 38.9 Å². The van der Waals surface area contributed by atoms with Crippen molar-refractivity contribution in [1.82, 2.24) is 4.31 Å². The van der Waals surface area contributed by atoms with Gasteiger partial charge in [-0.1, -0.05) is 29.3 Å². The number of thiophene rings is 1. The minimum absolute atomic E-state index is 0.399. The number of anilines is 1. The van der Waals surface area contributed by atoms with Gasteiger partial charge in [0.05, 0.1) is 10.0 Å². The van der Waals surface area contributed by atoms with Gasteiger partial charge in [-0.05, 0) is 29.6 Å². The van der Waals surface area contributed by atoms with Crippen molar-refractivity contribution < 1.29 is 8.42 Å². The minimum atomic E-state index is -3.36. The topological polar surface area (TPSA) is 40.6 Å². The van der Waals surface area contributed by atoms with Gasteiger partial charge in [-0.15, -0.1) is 11.3 Å². The van der Waals surface area contributed by atoms with Crippen LogP contribution in [0.5, 0.6) is 0 Å².